The summed E-state index contributed by atoms with van der Waals surface area (Å²) in [7, 11) is 0. The average molecular weight is 436 g/mol. The zero-order valence-electron chi connectivity index (χ0n) is 18.3. The SMILES string of the molecule is Cc1cnc(Cn2ccc(C)c(C(=O)N3CCN(Cc4cccc(F)c4)CC3)c2=O)cn1. The molecule has 3 aromatic rings. The van der Waals surface area contributed by atoms with Crippen molar-refractivity contribution < 1.29 is 9.18 Å². The van der Waals surface area contributed by atoms with Crippen LogP contribution in [0.4, 0.5) is 4.39 Å². The molecule has 1 aromatic carbocycles. The number of benzene rings is 1. The largest absolute Gasteiger partial charge is 0.336 e. The second kappa shape index (κ2) is 9.40. The number of aryl methyl sites for hydroxylation is 2. The third-order valence-corrected chi connectivity index (χ3v) is 5.71. The summed E-state index contributed by atoms with van der Waals surface area (Å²) in [4.78, 5) is 38.7. The lowest BCUT2D eigenvalue weighted by Gasteiger charge is -2.35. The number of piperazine rings is 1. The van der Waals surface area contributed by atoms with Gasteiger partial charge in [0.1, 0.15) is 11.4 Å². The van der Waals surface area contributed by atoms with E-state index in [-0.39, 0.29) is 29.4 Å². The van der Waals surface area contributed by atoms with E-state index in [4.69, 9.17) is 0 Å². The van der Waals surface area contributed by atoms with Crippen LogP contribution in [0.2, 0.25) is 0 Å². The van der Waals surface area contributed by atoms with Crippen LogP contribution in [0.5, 0.6) is 0 Å². The van der Waals surface area contributed by atoms with Gasteiger partial charge in [-0.15, -0.1) is 0 Å². The number of pyridine rings is 1. The van der Waals surface area contributed by atoms with Crippen molar-refractivity contribution in [3.63, 3.8) is 0 Å². The summed E-state index contributed by atoms with van der Waals surface area (Å²) in [5, 5.41) is 0. The van der Waals surface area contributed by atoms with Crippen molar-refractivity contribution in [2.24, 2.45) is 0 Å². The normalized spacial score (nSPS) is 14.5. The van der Waals surface area contributed by atoms with E-state index in [0.717, 1.165) is 11.3 Å². The summed E-state index contributed by atoms with van der Waals surface area (Å²) >= 11 is 0. The third-order valence-electron chi connectivity index (χ3n) is 5.71. The van der Waals surface area contributed by atoms with Gasteiger partial charge in [0.25, 0.3) is 11.5 Å². The molecule has 0 N–H and O–H groups in total. The molecule has 4 rings (SSSR count). The molecule has 166 valence electrons. The van der Waals surface area contributed by atoms with Crippen LogP contribution in [0.15, 0.2) is 53.7 Å². The molecule has 0 aliphatic carbocycles. The quantitative estimate of drug-likeness (QED) is 0.616. The molecule has 0 saturated carbocycles. The molecule has 2 aromatic heterocycles. The minimum absolute atomic E-state index is 0.200. The van der Waals surface area contributed by atoms with E-state index in [1.165, 1.54) is 16.7 Å². The molecule has 0 spiro atoms. The molecule has 1 aliphatic rings. The first kappa shape index (κ1) is 21.8. The smallest absolute Gasteiger partial charge is 0.264 e. The van der Waals surface area contributed by atoms with Crippen molar-refractivity contribution in [1.82, 2.24) is 24.3 Å². The van der Waals surface area contributed by atoms with E-state index in [1.54, 1.807) is 42.5 Å². The highest BCUT2D eigenvalue weighted by Crippen LogP contribution is 2.13. The fourth-order valence-electron chi connectivity index (χ4n) is 3.89. The molecule has 0 atom stereocenters. The van der Waals surface area contributed by atoms with Crippen LogP contribution in [-0.2, 0) is 13.1 Å². The molecule has 1 aliphatic heterocycles. The van der Waals surface area contributed by atoms with Gasteiger partial charge in [-0.3, -0.25) is 24.5 Å². The number of carbonyl (C=O) groups excluding carboxylic acids is 1. The molecule has 1 saturated heterocycles. The molecule has 3 heterocycles. The Morgan fingerprint density at radius 2 is 1.81 bits per heavy atom. The van der Waals surface area contributed by atoms with E-state index >= 15 is 0 Å². The number of amides is 1. The van der Waals surface area contributed by atoms with Gasteiger partial charge in [-0.2, -0.15) is 0 Å². The Balaban J connectivity index is 1.45. The van der Waals surface area contributed by atoms with Gasteiger partial charge >= 0.3 is 0 Å². The zero-order chi connectivity index (χ0) is 22.7. The van der Waals surface area contributed by atoms with Crippen molar-refractivity contribution in [3.8, 4) is 0 Å². The van der Waals surface area contributed by atoms with Gasteiger partial charge < -0.3 is 9.47 Å². The number of rotatable bonds is 5. The second-order valence-corrected chi connectivity index (χ2v) is 8.15. The Labute approximate surface area is 186 Å². The zero-order valence-corrected chi connectivity index (χ0v) is 18.3. The molecule has 1 amide bonds. The highest BCUT2D eigenvalue weighted by atomic mass is 19.1. The maximum absolute atomic E-state index is 13.4. The Kier molecular flexibility index (Phi) is 6.41. The highest BCUT2D eigenvalue weighted by Gasteiger charge is 2.26. The summed E-state index contributed by atoms with van der Waals surface area (Å²) in [6, 6.07) is 8.35. The highest BCUT2D eigenvalue weighted by molar-refractivity contribution is 5.95. The van der Waals surface area contributed by atoms with Crippen molar-refractivity contribution in [1.29, 1.82) is 0 Å². The fourth-order valence-corrected chi connectivity index (χ4v) is 3.89. The summed E-state index contributed by atoms with van der Waals surface area (Å²) in [5.74, 6) is -0.494. The average Bonchev–Trinajstić information content (AvgIpc) is 2.78. The number of carbonyl (C=O) groups is 1. The van der Waals surface area contributed by atoms with Crippen LogP contribution in [0, 0.1) is 19.7 Å². The van der Waals surface area contributed by atoms with Gasteiger partial charge in [0, 0.05) is 45.1 Å². The first-order valence-corrected chi connectivity index (χ1v) is 10.6. The standard InChI is InChI=1S/C24H26FN5O2/c1-17-6-7-30(16-21-14-26-18(2)13-27-21)24(32)22(17)23(31)29-10-8-28(9-11-29)15-19-4-3-5-20(25)12-19/h3-7,12-14H,8-11,15-16H2,1-2H3. The molecule has 0 radical (unpaired) electrons. The summed E-state index contributed by atoms with van der Waals surface area (Å²) in [6.07, 6.45) is 4.98. The number of aromatic nitrogens is 3. The van der Waals surface area contributed by atoms with E-state index in [9.17, 15) is 14.0 Å². The monoisotopic (exact) mass is 435 g/mol. The molecule has 1 fully saturated rings. The predicted octanol–water partition coefficient (Wildman–Crippen LogP) is 2.40. The molecule has 7 nitrogen and oxygen atoms in total. The number of hydrogen-bond acceptors (Lipinski definition) is 5. The fraction of sp³-hybridized carbons (Fsp3) is 0.333. The van der Waals surface area contributed by atoms with Crippen molar-refractivity contribution in [2.75, 3.05) is 26.2 Å². The van der Waals surface area contributed by atoms with E-state index in [2.05, 4.69) is 14.9 Å². The minimum Gasteiger partial charge on any atom is -0.336 e. The van der Waals surface area contributed by atoms with Crippen LogP contribution in [-0.4, -0.2) is 56.4 Å². The van der Waals surface area contributed by atoms with Crippen molar-refractivity contribution in [2.45, 2.75) is 26.9 Å². The Bertz CT molecular complexity index is 1170. The first-order chi connectivity index (χ1) is 15.4. The molecule has 8 heteroatoms. The topological polar surface area (TPSA) is 71.3 Å². The minimum atomic E-state index is -0.320. The molecular formula is C24H26FN5O2. The van der Waals surface area contributed by atoms with E-state index in [0.29, 0.717) is 44.0 Å². The first-order valence-electron chi connectivity index (χ1n) is 10.6. The lowest BCUT2D eigenvalue weighted by molar-refractivity contribution is 0.0625. The second-order valence-electron chi connectivity index (χ2n) is 8.15. The number of halogens is 1. The number of hydrogen-bond donors (Lipinski definition) is 0. The molecular weight excluding hydrogens is 409 g/mol. The lowest BCUT2D eigenvalue weighted by Crippen LogP contribution is -2.49. The molecule has 0 bridgehead atoms. The molecule has 32 heavy (non-hydrogen) atoms. The van der Waals surface area contributed by atoms with E-state index < -0.39 is 0 Å². The summed E-state index contributed by atoms with van der Waals surface area (Å²) in [6.45, 7) is 6.90. The van der Waals surface area contributed by atoms with E-state index in [1.807, 2.05) is 13.0 Å². The van der Waals surface area contributed by atoms with Gasteiger partial charge in [-0.1, -0.05) is 12.1 Å². The van der Waals surface area contributed by atoms with Crippen molar-refractivity contribution >= 4 is 5.91 Å². The van der Waals surface area contributed by atoms with Crippen LogP contribution in [0.1, 0.15) is 32.9 Å². The number of nitrogens with zero attached hydrogens (tertiary/aromatic N) is 5. The van der Waals surface area contributed by atoms with Gasteiger partial charge in [0.15, 0.2) is 0 Å². The van der Waals surface area contributed by atoms with Gasteiger partial charge in [-0.05, 0) is 43.2 Å². The lowest BCUT2D eigenvalue weighted by atomic mass is 10.1. The third kappa shape index (κ3) is 4.91. The van der Waals surface area contributed by atoms with Crippen LogP contribution >= 0.6 is 0 Å². The Morgan fingerprint density at radius 3 is 2.50 bits per heavy atom. The molecule has 0 unspecified atom stereocenters. The maximum atomic E-state index is 13.4. The van der Waals surface area contributed by atoms with Crippen LogP contribution in [0.25, 0.3) is 0 Å². The van der Waals surface area contributed by atoms with Crippen LogP contribution < -0.4 is 5.56 Å². The maximum Gasteiger partial charge on any atom is 0.264 e. The van der Waals surface area contributed by atoms with Crippen LogP contribution in [0.3, 0.4) is 0 Å². The summed E-state index contributed by atoms with van der Waals surface area (Å²) in [5.41, 5.74) is 2.91. The Morgan fingerprint density at radius 1 is 1.03 bits per heavy atom. The van der Waals surface area contributed by atoms with Gasteiger partial charge in [0.05, 0.1) is 24.1 Å². The van der Waals surface area contributed by atoms with Crippen molar-refractivity contribution in [3.05, 3.63) is 93.2 Å². The predicted molar refractivity (Wildman–Crippen MR) is 119 cm³/mol. The summed E-state index contributed by atoms with van der Waals surface area (Å²) < 4.78 is 14.9. The Hall–Kier alpha value is -3.39. The van der Waals surface area contributed by atoms with Gasteiger partial charge in [-0.25, -0.2) is 4.39 Å². The van der Waals surface area contributed by atoms with Gasteiger partial charge in [0.2, 0.25) is 0 Å².